The molecule has 132 valence electrons. The van der Waals surface area contributed by atoms with Crippen molar-refractivity contribution < 1.29 is 14.3 Å². The lowest BCUT2D eigenvalue weighted by Crippen LogP contribution is -2.44. The molecule has 0 spiro atoms. The van der Waals surface area contributed by atoms with Crippen LogP contribution in [0.2, 0.25) is 0 Å². The predicted octanol–water partition coefficient (Wildman–Crippen LogP) is 1.99. The smallest absolute Gasteiger partial charge is 0.323 e. The number of hydrogen-bond acceptors (Lipinski definition) is 6. The lowest BCUT2D eigenvalue weighted by molar-refractivity contribution is -0.146. The van der Waals surface area contributed by atoms with Gasteiger partial charge >= 0.3 is 5.97 Å². The fraction of sp³-hybridized carbons (Fsp3) is 0.389. The molecule has 1 saturated heterocycles. The van der Waals surface area contributed by atoms with Crippen molar-refractivity contribution in [3.63, 3.8) is 0 Å². The Kier molecular flexibility index (Phi) is 5.78. The zero-order chi connectivity index (χ0) is 17.6. The van der Waals surface area contributed by atoms with E-state index in [0.717, 1.165) is 30.0 Å². The van der Waals surface area contributed by atoms with E-state index in [0.29, 0.717) is 0 Å². The molecular formula is C18H21N3O3S. The molecule has 6 nitrogen and oxygen atoms in total. The van der Waals surface area contributed by atoms with Gasteiger partial charge in [-0.15, -0.1) is 11.3 Å². The molecule has 25 heavy (non-hydrogen) atoms. The van der Waals surface area contributed by atoms with Crippen molar-refractivity contribution in [3.8, 4) is 0 Å². The van der Waals surface area contributed by atoms with E-state index in [-0.39, 0.29) is 30.5 Å². The first kappa shape index (κ1) is 17.6. The summed E-state index contributed by atoms with van der Waals surface area (Å²) in [5, 5.41) is 5.79. The first-order valence-corrected chi connectivity index (χ1v) is 9.12. The fourth-order valence-electron chi connectivity index (χ4n) is 3.12. The normalized spacial score (nSPS) is 18.7. The Morgan fingerprint density at radius 2 is 2.20 bits per heavy atom. The standard InChI is InChI=1S/C18H21N3O3S/c1-24-18(23)14-8-5-10-21(14)12-15(22)20-16(17-19-9-11-25-17)13-6-3-2-4-7-13/h2-4,6-7,9,11,14,16H,5,8,10,12H2,1H3,(H,20,22). The first-order valence-electron chi connectivity index (χ1n) is 8.24. The van der Waals surface area contributed by atoms with Gasteiger partial charge in [0, 0.05) is 11.6 Å². The van der Waals surface area contributed by atoms with Crippen LogP contribution >= 0.6 is 11.3 Å². The van der Waals surface area contributed by atoms with Gasteiger partial charge in [-0.05, 0) is 24.9 Å². The van der Waals surface area contributed by atoms with Crippen molar-refractivity contribution in [1.29, 1.82) is 0 Å². The molecule has 0 saturated carbocycles. The number of benzene rings is 1. The number of esters is 1. The summed E-state index contributed by atoms with van der Waals surface area (Å²) in [6.07, 6.45) is 3.35. The van der Waals surface area contributed by atoms with Crippen molar-refractivity contribution in [3.05, 3.63) is 52.5 Å². The molecule has 7 heteroatoms. The summed E-state index contributed by atoms with van der Waals surface area (Å²) >= 11 is 1.51. The van der Waals surface area contributed by atoms with Crippen molar-refractivity contribution in [2.45, 2.75) is 24.9 Å². The molecule has 0 aliphatic carbocycles. The second kappa shape index (κ2) is 8.22. The van der Waals surface area contributed by atoms with Crippen LogP contribution in [0.25, 0.3) is 0 Å². The number of carbonyl (C=O) groups is 2. The van der Waals surface area contributed by atoms with Crippen molar-refractivity contribution in [1.82, 2.24) is 15.2 Å². The highest BCUT2D eigenvalue weighted by Crippen LogP contribution is 2.24. The van der Waals surface area contributed by atoms with Gasteiger partial charge in [-0.2, -0.15) is 0 Å². The van der Waals surface area contributed by atoms with E-state index < -0.39 is 0 Å². The minimum atomic E-state index is -0.328. The Labute approximate surface area is 150 Å². The minimum absolute atomic E-state index is 0.125. The summed E-state index contributed by atoms with van der Waals surface area (Å²) < 4.78 is 4.83. The highest BCUT2D eigenvalue weighted by atomic mass is 32.1. The highest BCUT2D eigenvalue weighted by molar-refractivity contribution is 7.09. The molecule has 2 heterocycles. The summed E-state index contributed by atoms with van der Waals surface area (Å²) in [5.41, 5.74) is 0.983. The number of rotatable bonds is 6. The molecule has 2 atom stereocenters. The van der Waals surface area contributed by atoms with Gasteiger partial charge in [0.25, 0.3) is 0 Å². The van der Waals surface area contributed by atoms with Crippen LogP contribution in [0.5, 0.6) is 0 Å². The van der Waals surface area contributed by atoms with Crippen LogP contribution in [-0.2, 0) is 14.3 Å². The maximum atomic E-state index is 12.6. The Bertz CT molecular complexity index is 706. The highest BCUT2D eigenvalue weighted by Gasteiger charge is 2.33. The van der Waals surface area contributed by atoms with Crippen LogP contribution in [0.15, 0.2) is 41.9 Å². The molecule has 2 aromatic rings. The van der Waals surface area contributed by atoms with Gasteiger partial charge in [0.05, 0.1) is 13.7 Å². The van der Waals surface area contributed by atoms with Crippen LogP contribution in [0, 0.1) is 0 Å². The summed E-state index contributed by atoms with van der Waals surface area (Å²) in [4.78, 5) is 30.7. The SMILES string of the molecule is COC(=O)C1CCCN1CC(=O)NC(c1ccccc1)c1nccs1. The van der Waals surface area contributed by atoms with Crippen molar-refractivity contribution in [2.24, 2.45) is 0 Å². The molecule has 1 aliphatic heterocycles. The van der Waals surface area contributed by atoms with Gasteiger partial charge in [-0.1, -0.05) is 30.3 Å². The largest absolute Gasteiger partial charge is 0.468 e. The predicted molar refractivity (Wildman–Crippen MR) is 95.2 cm³/mol. The van der Waals surface area contributed by atoms with Gasteiger partial charge in [0.2, 0.25) is 5.91 Å². The van der Waals surface area contributed by atoms with Crippen LogP contribution in [0.4, 0.5) is 0 Å². The lowest BCUT2D eigenvalue weighted by Gasteiger charge is -2.23. The molecule has 0 radical (unpaired) electrons. The Hall–Kier alpha value is -2.25. The topological polar surface area (TPSA) is 71.5 Å². The molecule has 0 bridgehead atoms. The van der Waals surface area contributed by atoms with Gasteiger partial charge < -0.3 is 10.1 Å². The number of nitrogens with zero attached hydrogens (tertiary/aromatic N) is 2. The third-order valence-corrected chi connectivity index (χ3v) is 5.16. The monoisotopic (exact) mass is 359 g/mol. The molecule has 1 amide bonds. The Morgan fingerprint density at radius 1 is 1.40 bits per heavy atom. The van der Waals surface area contributed by atoms with Gasteiger partial charge in [-0.25, -0.2) is 4.98 Å². The van der Waals surface area contributed by atoms with Crippen LogP contribution in [0.3, 0.4) is 0 Å². The number of hydrogen-bond donors (Lipinski definition) is 1. The molecule has 3 rings (SSSR count). The minimum Gasteiger partial charge on any atom is -0.468 e. The summed E-state index contributed by atoms with van der Waals surface area (Å²) in [6.45, 7) is 0.898. The number of methoxy groups -OCH3 is 1. The second-order valence-corrected chi connectivity index (χ2v) is 6.86. The third-order valence-electron chi connectivity index (χ3n) is 4.32. The quantitative estimate of drug-likeness (QED) is 0.799. The van der Waals surface area contributed by atoms with Gasteiger partial charge in [0.1, 0.15) is 17.1 Å². The number of aromatic nitrogens is 1. The zero-order valence-electron chi connectivity index (χ0n) is 14.1. The summed E-state index contributed by atoms with van der Waals surface area (Å²) in [6, 6.07) is 9.15. The maximum Gasteiger partial charge on any atom is 0.323 e. The zero-order valence-corrected chi connectivity index (χ0v) is 14.9. The fourth-order valence-corrected chi connectivity index (χ4v) is 3.83. The van der Waals surface area contributed by atoms with E-state index in [2.05, 4.69) is 10.3 Å². The number of ether oxygens (including phenoxy) is 1. The molecule has 1 aromatic heterocycles. The Balaban J connectivity index is 1.70. The number of amides is 1. The number of nitrogens with one attached hydrogen (secondary N) is 1. The number of thiazole rings is 1. The molecule has 1 aliphatic rings. The van der Waals surface area contributed by atoms with Crippen LogP contribution in [0.1, 0.15) is 29.5 Å². The Morgan fingerprint density at radius 3 is 2.88 bits per heavy atom. The second-order valence-electron chi connectivity index (χ2n) is 5.93. The van der Waals surface area contributed by atoms with Gasteiger partial charge in [0.15, 0.2) is 0 Å². The summed E-state index contributed by atoms with van der Waals surface area (Å²) in [7, 11) is 1.38. The molecular weight excluding hydrogens is 338 g/mol. The van der Waals surface area contributed by atoms with Gasteiger partial charge in [-0.3, -0.25) is 14.5 Å². The van der Waals surface area contributed by atoms with Crippen molar-refractivity contribution in [2.75, 3.05) is 20.2 Å². The van der Waals surface area contributed by atoms with Crippen LogP contribution in [-0.4, -0.2) is 48.0 Å². The molecule has 2 unspecified atom stereocenters. The number of likely N-dealkylation sites (tertiary alicyclic amines) is 1. The average Bonchev–Trinajstić information content (AvgIpc) is 3.31. The van der Waals surface area contributed by atoms with E-state index in [1.54, 1.807) is 6.20 Å². The molecule has 1 N–H and O–H groups in total. The van der Waals surface area contributed by atoms with E-state index in [4.69, 9.17) is 4.74 Å². The third kappa shape index (κ3) is 4.24. The average molecular weight is 359 g/mol. The molecule has 1 aromatic carbocycles. The first-order chi connectivity index (χ1) is 12.2. The van der Waals surface area contributed by atoms with E-state index in [1.807, 2.05) is 40.6 Å². The maximum absolute atomic E-state index is 12.6. The molecule has 1 fully saturated rings. The summed E-state index contributed by atoms with van der Waals surface area (Å²) in [5.74, 6) is -0.398. The van der Waals surface area contributed by atoms with E-state index in [9.17, 15) is 9.59 Å². The lowest BCUT2D eigenvalue weighted by atomic mass is 10.1. The van der Waals surface area contributed by atoms with E-state index in [1.165, 1.54) is 18.4 Å². The van der Waals surface area contributed by atoms with Crippen molar-refractivity contribution >= 4 is 23.2 Å². The van der Waals surface area contributed by atoms with E-state index >= 15 is 0 Å². The number of carbonyl (C=O) groups excluding carboxylic acids is 2. The van der Waals surface area contributed by atoms with Crippen LogP contribution < -0.4 is 5.32 Å².